The number of rotatable bonds is 5. The smallest absolute Gasteiger partial charge is 0.307 e. The third-order valence-electron chi connectivity index (χ3n) is 3.26. The van der Waals surface area contributed by atoms with Gasteiger partial charge >= 0.3 is 5.97 Å². The lowest BCUT2D eigenvalue weighted by molar-refractivity contribution is -0.383. The maximum absolute atomic E-state index is 11.2. The number of nitro benzene ring substituents is 1. The van der Waals surface area contributed by atoms with Gasteiger partial charge in [-0.05, 0) is 12.1 Å². The van der Waals surface area contributed by atoms with Gasteiger partial charge in [-0.25, -0.2) is 0 Å². The second-order valence-corrected chi connectivity index (χ2v) is 4.53. The predicted molar refractivity (Wildman–Crippen MR) is 78.3 cm³/mol. The third kappa shape index (κ3) is 3.07. The van der Waals surface area contributed by atoms with E-state index in [0.29, 0.717) is 17.3 Å². The van der Waals surface area contributed by atoms with Crippen LogP contribution < -0.4 is 4.90 Å². The SMILES string of the molecule is COC(=O)CCN(C)c1ccc([N+](=O)[O-])c2ccncc12. The van der Waals surface area contributed by atoms with Gasteiger partial charge in [-0.1, -0.05) is 0 Å². The standard InChI is InChI=1S/C14H15N3O4/c1-16(8-6-14(18)21-2)12-3-4-13(17(19)20)10-5-7-15-9-11(10)12/h3-5,7,9H,6,8H2,1-2H3. The Hall–Kier alpha value is -2.70. The summed E-state index contributed by atoms with van der Waals surface area (Å²) in [7, 11) is 3.16. The number of hydrogen-bond donors (Lipinski definition) is 0. The molecule has 2 rings (SSSR count). The summed E-state index contributed by atoms with van der Waals surface area (Å²) in [6.07, 6.45) is 3.35. The number of benzene rings is 1. The van der Waals surface area contributed by atoms with E-state index in [-0.39, 0.29) is 18.1 Å². The van der Waals surface area contributed by atoms with Crippen LogP contribution in [0.15, 0.2) is 30.6 Å². The number of esters is 1. The number of ether oxygens (including phenoxy) is 1. The Morgan fingerprint density at radius 3 is 2.81 bits per heavy atom. The lowest BCUT2D eigenvalue weighted by atomic mass is 10.1. The van der Waals surface area contributed by atoms with Crippen LogP contribution in [0.25, 0.3) is 10.8 Å². The molecule has 0 saturated heterocycles. The molecule has 0 aliphatic rings. The summed E-state index contributed by atoms with van der Waals surface area (Å²) < 4.78 is 4.61. The van der Waals surface area contributed by atoms with Gasteiger partial charge in [0.15, 0.2) is 0 Å². The van der Waals surface area contributed by atoms with E-state index in [9.17, 15) is 14.9 Å². The molecule has 0 radical (unpaired) electrons. The molecule has 0 aliphatic heterocycles. The topological polar surface area (TPSA) is 85.6 Å². The van der Waals surface area contributed by atoms with Crippen LogP contribution in [0.3, 0.4) is 0 Å². The summed E-state index contributed by atoms with van der Waals surface area (Å²) in [4.78, 5) is 27.7. The molecule has 0 unspecified atom stereocenters. The number of anilines is 1. The van der Waals surface area contributed by atoms with Crippen LogP contribution in [0.1, 0.15) is 6.42 Å². The molecule has 1 aromatic heterocycles. The van der Waals surface area contributed by atoms with Gasteiger partial charge in [0.2, 0.25) is 0 Å². The molecule has 0 bridgehead atoms. The molecule has 1 aromatic carbocycles. The molecule has 110 valence electrons. The maximum atomic E-state index is 11.2. The van der Waals surface area contributed by atoms with E-state index in [1.807, 2.05) is 11.9 Å². The Morgan fingerprint density at radius 1 is 1.38 bits per heavy atom. The van der Waals surface area contributed by atoms with E-state index in [1.54, 1.807) is 18.3 Å². The van der Waals surface area contributed by atoms with Crippen molar-refractivity contribution in [3.05, 3.63) is 40.7 Å². The molecule has 2 aromatic rings. The van der Waals surface area contributed by atoms with Gasteiger partial charge in [-0.3, -0.25) is 19.9 Å². The number of fused-ring (bicyclic) bond motifs is 1. The molecule has 0 aliphatic carbocycles. The maximum Gasteiger partial charge on any atom is 0.307 e. The first kappa shape index (κ1) is 14.7. The first-order valence-electron chi connectivity index (χ1n) is 6.33. The van der Waals surface area contributed by atoms with E-state index in [4.69, 9.17) is 0 Å². The number of carbonyl (C=O) groups is 1. The van der Waals surface area contributed by atoms with E-state index in [2.05, 4.69) is 9.72 Å². The Balaban J connectivity index is 2.39. The van der Waals surface area contributed by atoms with Crippen LogP contribution in [0.4, 0.5) is 11.4 Å². The normalized spacial score (nSPS) is 10.4. The number of nitrogens with zero attached hydrogens (tertiary/aromatic N) is 3. The molecule has 0 N–H and O–H groups in total. The number of pyridine rings is 1. The van der Waals surface area contributed by atoms with E-state index >= 15 is 0 Å². The lowest BCUT2D eigenvalue weighted by Crippen LogP contribution is -2.21. The minimum absolute atomic E-state index is 0.0394. The fourth-order valence-electron chi connectivity index (χ4n) is 2.13. The zero-order valence-corrected chi connectivity index (χ0v) is 11.8. The van der Waals surface area contributed by atoms with Gasteiger partial charge in [0, 0.05) is 43.1 Å². The van der Waals surface area contributed by atoms with Gasteiger partial charge in [-0.2, -0.15) is 0 Å². The van der Waals surface area contributed by atoms with Crippen LogP contribution in [0.2, 0.25) is 0 Å². The van der Waals surface area contributed by atoms with Crippen LogP contribution in [0.5, 0.6) is 0 Å². The quantitative estimate of drug-likeness (QED) is 0.476. The van der Waals surface area contributed by atoms with Gasteiger partial charge in [0.1, 0.15) is 0 Å². The molecule has 0 fully saturated rings. The second kappa shape index (κ2) is 6.17. The molecule has 0 atom stereocenters. The average molecular weight is 289 g/mol. The van der Waals surface area contributed by atoms with Crippen LogP contribution in [-0.4, -0.2) is 36.6 Å². The minimum atomic E-state index is -0.416. The highest BCUT2D eigenvalue weighted by Crippen LogP contribution is 2.32. The predicted octanol–water partition coefficient (Wildman–Crippen LogP) is 2.14. The summed E-state index contributed by atoms with van der Waals surface area (Å²) >= 11 is 0. The minimum Gasteiger partial charge on any atom is -0.469 e. The lowest BCUT2D eigenvalue weighted by Gasteiger charge is -2.20. The average Bonchev–Trinajstić information content (AvgIpc) is 2.50. The number of hydrogen-bond acceptors (Lipinski definition) is 6. The van der Waals surface area contributed by atoms with Crippen molar-refractivity contribution in [1.82, 2.24) is 4.98 Å². The van der Waals surface area contributed by atoms with Gasteiger partial charge < -0.3 is 9.64 Å². The summed E-state index contributed by atoms with van der Waals surface area (Å²) in [5, 5.41) is 12.3. The Kier molecular flexibility index (Phi) is 4.32. The van der Waals surface area contributed by atoms with E-state index in [0.717, 1.165) is 5.69 Å². The van der Waals surface area contributed by atoms with Crippen molar-refractivity contribution < 1.29 is 14.5 Å². The summed E-state index contributed by atoms with van der Waals surface area (Å²) in [5.74, 6) is -0.300. The molecule has 0 amide bonds. The van der Waals surface area contributed by atoms with E-state index in [1.165, 1.54) is 19.4 Å². The van der Waals surface area contributed by atoms with Crippen molar-refractivity contribution in [1.29, 1.82) is 0 Å². The van der Waals surface area contributed by atoms with Crippen LogP contribution >= 0.6 is 0 Å². The number of aromatic nitrogens is 1. The van der Waals surface area contributed by atoms with Gasteiger partial charge in [-0.15, -0.1) is 0 Å². The van der Waals surface area contributed by atoms with Crippen molar-refractivity contribution in [2.75, 3.05) is 25.6 Å². The van der Waals surface area contributed by atoms with E-state index < -0.39 is 4.92 Å². The van der Waals surface area contributed by atoms with Crippen molar-refractivity contribution >= 4 is 28.1 Å². The first-order valence-corrected chi connectivity index (χ1v) is 6.33. The van der Waals surface area contributed by atoms with Gasteiger partial charge in [0.05, 0.1) is 23.8 Å². The monoisotopic (exact) mass is 289 g/mol. The number of methoxy groups -OCH3 is 1. The molecular weight excluding hydrogens is 274 g/mol. The fourth-order valence-corrected chi connectivity index (χ4v) is 2.13. The molecule has 1 heterocycles. The highest BCUT2D eigenvalue weighted by Gasteiger charge is 2.16. The van der Waals surface area contributed by atoms with Crippen LogP contribution in [0, 0.1) is 10.1 Å². The molecule has 7 heteroatoms. The zero-order chi connectivity index (χ0) is 15.4. The van der Waals surface area contributed by atoms with Crippen molar-refractivity contribution in [2.24, 2.45) is 0 Å². The first-order chi connectivity index (χ1) is 10.0. The molecular formula is C14H15N3O4. The highest BCUT2D eigenvalue weighted by molar-refractivity contribution is 5.99. The zero-order valence-electron chi connectivity index (χ0n) is 11.8. The third-order valence-corrected chi connectivity index (χ3v) is 3.26. The molecule has 7 nitrogen and oxygen atoms in total. The number of non-ortho nitro benzene ring substituents is 1. The number of carbonyl (C=O) groups excluding carboxylic acids is 1. The molecule has 0 spiro atoms. The summed E-state index contributed by atoms with van der Waals surface area (Å²) in [6, 6.07) is 4.75. The second-order valence-electron chi connectivity index (χ2n) is 4.53. The van der Waals surface area contributed by atoms with Crippen molar-refractivity contribution in [2.45, 2.75) is 6.42 Å². The Labute approximate surface area is 121 Å². The Morgan fingerprint density at radius 2 is 2.14 bits per heavy atom. The number of nitro groups is 1. The largest absolute Gasteiger partial charge is 0.469 e. The van der Waals surface area contributed by atoms with Crippen molar-refractivity contribution in [3.63, 3.8) is 0 Å². The summed E-state index contributed by atoms with van der Waals surface area (Å²) in [6.45, 7) is 0.453. The van der Waals surface area contributed by atoms with Gasteiger partial charge in [0.25, 0.3) is 5.69 Å². The van der Waals surface area contributed by atoms with Crippen molar-refractivity contribution in [3.8, 4) is 0 Å². The molecule has 0 saturated carbocycles. The summed E-state index contributed by atoms with van der Waals surface area (Å²) in [5.41, 5.74) is 0.824. The molecule has 21 heavy (non-hydrogen) atoms. The Bertz CT molecular complexity index is 687. The van der Waals surface area contributed by atoms with Crippen LogP contribution in [-0.2, 0) is 9.53 Å². The fraction of sp³-hybridized carbons (Fsp3) is 0.286. The highest BCUT2D eigenvalue weighted by atomic mass is 16.6.